The second-order valence-corrected chi connectivity index (χ2v) is 9.23. The molecule has 2 heterocycles. The first kappa shape index (κ1) is 23.0. The number of nitrogens with zero attached hydrogens (tertiary/aromatic N) is 2. The van der Waals surface area contributed by atoms with Crippen LogP contribution in [0, 0.1) is 11.8 Å². The summed E-state index contributed by atoms with van der Waals surface area (Å²) in [6, 6.07) is 16.4. The van der Waals surface area contributed by atoms with Gasteiger partial charge in [0, 0.05) is 38.8 Å². The molecule has 0 bridgehead atoms. The van der Waals surface area contributed by atoms with Crippen LogP contribution in [0.15, 0.2) is 54.6 Å². The van der Waals surface area contributed by atoms with E-state index < -0.39 is 29.4 Å². The zero-order chi connectivity index (χ0) is 23.8. The minimum atomic E-state index is -1.56. The number of nitrogens with one attached hydrogen (secondary N) is 1. The average molecular weight is 450 g/mol. The monoisotopic (exact) mass is 449 g/mol. The highest BCUT2D eigenvalue weighted by atomic mass is 16.4. The van der Waals surface area contributed by atoms with Crippen LogP contribution in [0.5, 0.6) is 0 Å². The summed E-state index contributed by atoms with van der Waals surface area (Å²) in [6.45, 7) is 2.33. The number of anilines is 1. The van der Waals surface area contributed by atoms with Crippen LogP contribution in [-0.2, 0) is 20.8 Å². The lowest BCUT2D eigenvalue weighted by molar-refractivity contribution is -0.151. The number of carbonyl (C=O) groups excluding carboxylic acids is 2. The van der Waals surface area contributed by atoms with Crippen molar-refractivity contribution < 1.29 is 19.5 Å². The fraction of sp³-hybridized carbons (Fsp3) is 0.423. The van der Waals surface area contributed by atoms with Crippen molar-refractivity contribution in [3.05, 3.63) is 65.7 Å². The lowest BCUT2D eigenvalue weighted by Gasteiger charge is -2.31. The van der Waals surface area contributed by atoms with Crippen LogP contribution in [0.2, 0.25) is 0 Å². The molecule has 7 heteroatoms. The topological polar surface area (TPSA) is 90.0 Å². The number of rotatable bonds is 8. The van der Waals surface area contributed by atoms with Crippen LogP contribution in [-0.4, -0.2) is 54.0 Å². The van der Waals surface area contributed by atoms with E-state index in [1.807, 2.05) is 80.5 Å². The molecule has 7 nitrogen and oxygen atoms in total. The second-order valence-electron chi connectivity index (χ2n) is 9.23. The minimum absolute atomic E-state index is 0.122. The van der Waals surface area contributed by atoms with Gasteiger partial charge in [-0.15, -0.1) is 0 Å². The third kappa shape index (κ3) is 3.91. The summed E-state index contributed by atoms with van der Waals surface area (Å²) < 4.78 is 0. The summed E-state index contributed by atoms with van der Waals surface area (Å²) >= 11 is 0. The van der Waals surface area contributed by atoms with Crippen LogP contribution >= 0.6 is 0 Å². The van der Waals surface area contributed by atoms with E-state index in [1.165, 1.54) is 4.90 Å². The number of amides is 2. The van der Waals surface area contributed by atoms with Crippen molar-refractivity contribution >= 4 is 23.5 Å². The van der Waals surface area contributed by atoms with E-state index in [9.17, 15) is 19.5 Å². The maximum atomic E-state index is 13.5. The van der Waals surface area contributed by atoms with Gasteiger partial charge in [0.15, 0.2) is 0 Å². The molecule has 2 aliphatic heterocycles. The molecule has 4 rings (SSSR count). The van der Waals surface area contributed by atoms with Crippen LogP contribution in [0.4, 0.5) is 5.69 Å². The number of hydrogen-bond donors (Lipinski definition) is 2. The Hall–Kier alpha value is -3.19. The Morgan fingerprint density at radius 2 is 1.73 bits per heavy atom. The van der Waals surface area contributed by atoms with E-state index in [4.69, 9.17) is 0 Å². The Labute approximate surface area is 194 Å². The molecular weight excluding hydrogens is 418 g/mol. The van der Waals surface area contributed by atoms with Gasteiger partial charge in [-0.3, -0.25) is 24.6 Å². The summed E-state index contributed by atoms with van der Waals surface area (Å²) in [7, 11) is 3.89. The fourth-order valence-corrected chi connectivity index (χ4v) is 5.22. The standard InChI is InChI=1S/C26H31N3O4/c1-4-5-15-29-23(30)20-21(24(29)31)26(25(32)33,16-17-9-7-6-8-10-17)27-22(20)18-11-13-19(14-12-18)28(2)3/h6-14,20-22,27H,4-5,15-16H2,1-3H3,(H,32,33). The minimum Gasteiger partial charge on any atom is -0.480 e. The van der Waals surface area contributed by atoms with Gasteiger partial charge >= 0.3 is 5.97 Å². The molecule has 2 aliphatic rings. The third-order valence-corrected chi connectivity index (χ3v) is 6.96. The lowest BCUT2D eigenvalue weighted by atomic mass is 9.76. The van der Waals surface area contributed by atoms with Gasteiger partial charge in [-0.2, -0.15) is 0 Å². The van der Waals surface area contributed by atoms with Crippen LogP contribution in [0.3, 0.4) is 0 Å². The second kappa shape index (κ2) is 8.98. The summed E-state index contributed by atoms with van der Waals surface area (Å²) in [5.41, 5.74) is 1.05. The number of hydrogen-bond acceptors (Lipinski definition) is 5. The van der Waals surface area contributed by atoms with E-state index in [2.05, 4.69) is 5.32 Å². The van der Waals surface area contributed by atoms with Crippen LogP contribution < -0.4 is 10.2 Å². The number of aliphatic carboxylic acids is 1. The largest absolute Gasteiger partial charge is 0.480 e. The highest BCUT2D eigenvalue weighted by molar-refractivity contribution is 6.09. The Morgan fingerprint density at radius 1 is 1.06 bits per heavy atom. The molecule has 0 saturated carbocycles. The Kier molecular flexibility index (Phi) is 6.26. The van der Waals surface area contributed by atoms with Crippen molar-refractivity contribution in [1.82, 2.24) is 10.2 Å². The summed E-state index contributed by atoms with van der Waals surface area (Å²) in [6.07, 6.45) is 1.66. The molecule has 0 aromatic heterocycles. The quantitative estimate of drug-likeness (QED) is 0.603. The molecule has 0 spiro atoms. The first-order valence-electron chi connectivity index (χ1n) is 11.5. The zero-order valence-electron chi connectivity index (χ0n) is 19.3. The van der Waals surface area contributed by atoms with Gasteiger partial charge < -0.3 is 10.0 Å². The van der Waals surface area contributed by atoms with Gasteiger partial charge in [0.05, 0.1) is 11.8 Å². The number of carboxylic acids is 1. The van der Waals surface area contributed by atoms with Crippen molar-refractivity contribution in [2.24, 2.45) is 11.8 Å². The molecule has 33 heavy (non-hydrogen) atoms. The molecule has 174 valence electrons. The molecule has 2 saturated heterocycles. The SMILES string of the molecule is CCCCN1C(=O)C2C(c3ccc(N(C)C)cc3)NC(Cc3ccccc3)(C(=O)O)C2C1=O. The van der Waals surface area contributed by atoms with E-state index in [0.717, 1.165) is 23.2 Å². The third-order valence-electron chi connectivity index (χ3n) is 6.96. The number of carbonyl (C=O) groups is 3. The van der Waals surface area contributed by atoms with Crippen molar-refractivity contribution in [1.29, 1.82) is 0 Å². The Bertz CT molecular complexity index is 1040. The smallest absolute Gasteiger partial charge is 0.325 e. The van der Waals surface area contributed by atoms with Gasteiger partial charge in [0.25, 0.3) is 0 Å². The van der Waals surface area contributed by atoms with Crippen molar-refractivity contribution in [3.8, 4) is 0 Å². The zero-order valence-corrected chi connectivity index (χ0v) is 19.3. The first-order valence-corrected chi connectivity index (χ1v) is 11.5. The average Bonchev–Trinajstić information content (AvgIpc) is 3.27. The number of benzene rings is 2. The van der Waals surface area contributed by atoms with E-state index in [0.29, 0.717) is 13.0 Å². The molecule has 0 aliphatic carbocycles. The van der Waals surface area contributed by atoms with Crippen molar-refractivity contribution in [2.45, 2.75) is 37.8 Å². The lowest BCUT2D eigenvalue weighted by Crippen LogP contribution is -2.57. The maximum Gasteiger partial charge on any atom is 0.325 e. The number of likely N-dealkylation sites (tertiary alicyclic amines) is 1. The first-order chi connectivity index (χ1) is 15.8. The number of carboxylic acid groups (broad SMARTS) is 1. The highest BCUT2D eigenvalue weighted by Crippen LogP contribution is 2.50. The molecule has 4 unspecified atom stereocenters. The van der Waals surface area contributed by atoms with Crippen molar-refractivity contribution in [2.75, 3.05) is 25.5 Å². The molecule has 2 amide bonds. The van der Waals surface area contributed by atoms with Gasteiger partial charge in [-0.1, -0.05) is 55.8 Å². The normalized spacial score (nSPS) is 26.5. The van der Waals surface area contributed by atoms with Crippen LogP contribution in [0.25, 0.3) is 0 Å². The Balaban J connectivity index is 1.79. The van der Waals surface area contributed by atoms with Gasteiger partial charge in [0.1, 0.15) is 5.54 Å². The van der Waals surface area contributed by atoms with Crippen LogP contribution in [0.1, 0.15) is 36.9 Å². The molecule has 4 atom stereocenters. The predicted octanol–water partition coefficient (Wildman–Crippen LogP) is 2.86. The van der Waals surface area contributed by atoms with Crippen molar-refractivity contribution in [3.63, 3.8) is 0 Å². The summed E-state index contributed by atoms with van der Waals surface area (Å²) in [4.78, 5) is 43.1. The van der Waals surface area contributed by atoms with Gasteiger partial charge in [-0.05, 0) is 29.7 Å². The van der Waals surface area contributed by atoms with E-state index >= 15 is 0 Å². The predicted molar refractivity (Wildman–Crippen MR) is 126 cm³/mol. The molecular formula is C26H31N3O4. The van der Waals surface area contributed by atoms with Gasteiger partial charge in [-0.25, -0.2) is 0 Å². The summed E-state index contributed by atoms with van der Waals surface area (Å²) in [5.74, 6) is -3.47. The molecule has 0 radical (unpaired) electrons. The number of unbranched alkanes of at least 4 members (excludes halogenated alkanes) is 1. The highest BCUT2D eigenvalue weighted by Gasteiger charge is 2.68. The Morgan fingerprint density at radius 3 is 2.30 bits per heavy atom. The van der Waals surface area contributed by atoms with E-state index in [1.54, 1.807) is 0 Å². The summed E-state index contributed by atoms with van der Waals surface area (Å²) in [5, 5.41) is 13.7. The maximum absolute atomic E-state index is 13.5. The number of imide groups is 1. The number of fused-ring (bicyclic) bond motifs is 1. The molecule has 2 fully saturated rings. The van der Waals surface area contributed by atoms with E-state index in [-0.39, 0.29) is 18.2 Å². The molecule has 2 aromatic rings. The van der Waals surface area contributed by atoms with Gasteiger partial charge in [0.2, 0.25) is 11.8 Å². The molecule has 2 N–H and O–H groups in total. The molecule has 2 aromatic carbocycles. The fourth-order valence-electron chi connectivity index (χ4n) is 5.22.